The van der Waals surface area contributed by atoms with Crippen LogP contribution in [0.3, 0.4) is 0 Å². The second-order valence-corrected chi connectivity index (χ2v) is 3.89. The van der Waals surface area contributed by atoms with Gasteiger partial charge in [-0.15, -0.1) is 12.4 Å². The van der Waals surface area contributed by atoms with E-state index in [9.17, 15) is 4.79 Å². The highest BCUT2D eigenvalue weighted by Gasteiger charge is 2.16. The van der Waals surface area contributed by atoms with Crippen LogP contribution in [0.1, 0.15) is 25.3 Å². The fourth-order valence-electron chi connectivity index (χ4n) is 1.55. The topological polar surface area (TPSA) is 49.3 Å². The van der Waals surface area contributed by atoms with Gasteiger partial charge in [0, 0.05) is 0 Å². The van der Waals surface area contributed by atoms with Crippen molar-refractivity contribution in [3.63, 3.8) is 0 Å². The number of rotatable bonds is 7. The van der Waals surface area contributed by atoms with Crippen LogP contribution in [0.15, 0.2) is 30.3 Å². The first kappa shape index (κ1) is 15.9. The molecule has 1 aromatic carbocycles. The fraction of sp³-hybridized carbons (Fsp3) is 0.462. The van der Waals surface area contributed by atoms with Crippen molar-refractivity contribution in [3.05, 3.63) is 35.9 Å². The SMILES string of the molecule is CCCCN[C@@H](Cc1ccccc1)C(=O)O.Cl. The van der Waals surface area contributed by atoms with Crippen LogP contribution in [0.4, 0.5) is 0 Å². The van der Waals surface area contributed by atoms with Gasteiger partial charge >= 0.3 is 5.97 Å². The van der Waals surface area contributed by atoms with Crippen LogP contribution in [-0.2, 0) is 11.2 Å². The first-order valence-corrected chi connectivity index (χ1v) is 5.74. The number of carboxylic acids is 1. The van der Waals surface area contributed by atoms with E-state index in [2.05, 4.69) is 12.2 Å². The summed E-state index contributed by atoms with van der Waals surface area (Å²) in [6, 6.07) is 9.23. The molecule has 0 saturated heterocycles. The number of hydrogen-bond acceptors (Lipinski definition) is 2. The minimum absolute atomic E-state index is 0. The Bertz CT molecular complexity index is 316. The molecule has 0 aliphatic carbocycles. The van der Waals surface area contributed by atoms with E-state index in [0.717, 1.165) is 24.9 Å². The summed E-state index contributed by atoms with van der Waals surface area (Å²) in [7, 11) is 0. The van der Waals surface area contributed by atoms with E-state index in [4.69, 9.17) is 5.11 Å². The standard InChI is InChI=1S/C13H19NO2.ClH/c1-2-3-9-14-12(13(15)16)10-11-7-5-4-6-8-11;/h4-8,12,14H,2-3,9-10H2,1H3,(H,15,16);1H/t12-;/m0./s1. The maximum atomic E-state index is 11.0. The molecule has 17 heavy (non-hydrogen) atoms. The molecule has 0 amide bonds. The average molecular weight is 258 g/mol. The van der Waals surface area contributed by atoms with Gasteiger partial charge in [-0.1, -0.05) is 43.7 Å². The largest absolute Gasteiger partial charge is 0.480 e. The van der Waals surface area contributed by atoms with Crippen LogP contribution in [0.2, 0.25) is 0 Å². The zero-order valence-corrected chi connectivity index (χ0v) is 10.9. The van der Waals surface area contributed by atoms with Gasteiger partial charge in [0.25, 0.3) is 0 Å². The number of carbonyl (C=O) groups is 1. The second-order valence-electron chi connectivity index (χ2n) is 3.89. The zero-order valence-electron chi connectivity index (χ0n) is 10.1. The molecule has 0 heterocycles. The molecule has 96 valence electrons. The summed E-state index contributed by atoms with van der Waals surface area (Å²) in [6.07, 6.45) is 2.63. The molecule has 0 aliphatic heterocycles. The maximum absolute atomic E-state index is 11.0. The van der Waals surface area contributed by atoms with E-state index in [1.807, 2.05) is 30.3 Å². The highest BCUT2D eigenvalue weighted by Crippen LogP contribution is 2.03. The van der Waals surface area contributed by atoms with Crippen molar-refractivity contribution in [2.75, 3.05) is 6.54 Å². The Morgan fingerprint density at radius 2 is 2.00 bits per heavy atom. The van der Waals surface area contributed by atoms with Gasteiger partial charge in [0.2, 0.25) is 0 Å². The molecule has 0 saturated carbocycles. The van der Waals surface area contributed by atoms with Gasteiger partial charge in [0.05, 0.1) is 0 Å². The Labute approximate surface area is 109 Å². The molecule has 0 unspecified atom stereocenters. The third-order valence-electron chi connectivity index (χ3n) is 2.50. The van der Waals surface area contributed by atoms with Crippen LogP contribution < -0.4 is 5.32 Å². The van der Waals surface area contributed by atoms with E-state index in [1.165, 1.54) is 0 Å². The number of carboxylic acid groups (broad SMARTS) is 1. The predicted octanol–water partition coefficient (Wildman–Crippen LogP) is 2.49. The van der Waals surface area contributed by atoms with Crippen LogP contribution in [0.25, 0.3) is 0 Å². The minimum atomic E-state index is -0.778. The lowest BCUT2D eigenvalue weighted by molar-refractivity contribution is -0.139. The Morgan fingerprint density at radius 1 is 1.35 bits per heavy atom. The van der Waals surface area contributed by atoms with Crippen LogP contribution >= 0.6 is 12.4 Å². The fourth-order valence-corrected chi connectivity index (χ4v) is 1.55. The zero-order chi connectivity index (χ0) is 11.8. The second kappa shape index (κ2) is 9.02. The summed E-state index contributed by atoms with van der Waals surface area (Å²) in [5.74, 6) is -0.778. The minimum Gasteiger partial charge on any atom is -0.480 e. The highest BCUT2D eigenvalue weighted by molar-refractivity contribution is 5.85. The Hall–Kier alpha value is -1.06. The van der Waals surface area contributed by atoms with E-state index in [0.29, 0.717) is 6.42 Å². The van der Waals surface area contributed by atoms with Crippen molar-refractivity contribution in [2.45, 2.75) is 32.2 Å². The summed E-state index contributed by atoms with van der Waals surface area (Å²) >= 11 is 0. The van der Waals surface area contributed by atoms with Crippen LogP contribution in [0.5, 0.6) is 0 Å². The summed E-state index contributed by atoms with van der Waals surface area (Å²) < 4.78 is 0. The average Bonchev–Trinajstić information content (AvgIpc) is 2.29. The molecule has 3 nitrogen and oxygen atoms in total. The van der Waals surface area contributed by atoms with Crippen LogP contribution in [-0.4, -0.2) is 23.7 Å². The van der Waals surface area contributed by atoms with Crippen molar-refractivity contribution >= 4 is 18.4 Å². The van der Waals surface area contributed by atoms with E-state index >= 15 is 0 Å². The monoisotopic (exact) mass is 257 g/mol. The molecule has 2 N–H and O–H groups in total. The van der Waals surface area contributed by atoms with Gasteiger partial charge < -0.3 is 10.4 Å². The summed E-state index contributed by atoms with van der Waals surface area (Å²) in [5.41, 5.74) is 1.05. The molecule has 0 fully saturated rings. The van der Waals surface area contributed by atoms with Gasteiger partial charge in [-0.05, 0) is 24.9 Å². The maximum Gasteiger partial charge on any atom is 0.321 e. The lowest BCUT2D eigenvalue weighted by atomic mass is 10.1. The summed E-state index contributed by atoms with van der Waals surface area (Å²) in [5, 5.41) is 12.1. The van der Waals surface area contributed by atoms with E-state index in [1.54, 1.807) is 0 Å². The molecule has 4 heteroatoms. The predicted molar refractivity (Wildman–Crippen MR) is 71.7 cm³/mol. The number of halogens is 1. The van der Waals surface area contributed by atoms with Gasteiger partial charge in [0.1, 0.15) is 6.04 Å². The molecule has 0 aromatic heterocycles. The third kappa shape index (κ3) is 6.29. The number of nitrogens with one attached hydrogen (secondary N) is 1. The molecule has 0 spiro atoms. The Morgan fingerprint density at radius 3 is 2.53 bits per heavy atom. The van der Waals surface area contributed by atoms with Crippen molar-refractivity contribution in [3.8, 4) is 0 Å². The van der Waals surface area contributed by atoms with Gasteiger partial charge in [-0.2, -0.15) is 0 Å². The number of hydrogen-bond donors (Lipinski definition) is 2. The third-order valence-corrected chi connectivity index (χ3v) is 2.50. The molecule has 0 radical (unpaired) electrons. The normalized spacial score (nSPS) is 11.6. The first-order chi connectivity index (χ1) is 7.74. The molecular formula is C13H20ClNO2. The lowest BCUT2D eigenvalue weighted by Gasteiger charge is -2.14. The molecule has 1 atom stereocenters. The van der Waals surface area contributed by atoms with Gasteiger partial charge in [0.15, 0.2) is 0 Å². The van der Waals surface area contributed by atoms with Crippen LogP contribution in [0, 0.1) is 0 Å². The molecule has 1 rings (SSSR count). The quantitative estimate of drug-likeness (QED) is 0.738. The van der Waals surface area contributed by atoms with Crippen molar-refractivity contribution in [1.82, 2.24) is 5.32 Å². The smallest absolute Gasteiger partial charge is 0.321 e. The van der Waals surface area contributed by atoms with E-state index < -0.39 is 12.0 Å². The summed E-state index contributed by atoms with van der Waals surface area (Å²) in [4.78, 5) is 11.0. The number of unbranched alkanes of at least 4 members (excludes halogenated alkanes) is 1. The highest BCUT2D eigenvalue weighted by atomic mass is 35.5. The van der Waals surface area contributed by atoms with E-state index in [-0.39, 0.29) is 12.4 Å². The lowest BCUT2D eigenvalue weighted by Crippen LogP contribution is -2.39. The molecule has 0 aliphatic rings. The van der Waals surface area contributed by atoms with Crippen molar-refractivity contribution in [1.29, 1.82) is 0 Å². The van der Waals surface area contributed by atoms with Gasteiger partial charge in [-0.3, -0.25) is 4.79 Å². The Balaban J connectivity index is 0.00000256. The summed E-state index contributed by atoms with van der Waals surface area (Å²) in [6.45, 7) is 2.86. The Kier molecular flexibility index (Phi) is 8.46. The van der Waals surface area contributed by atoms with Gasteiger partial charge in [-0.25, -0.2) is 0 Å². The molecular weight excluding hydrogens is 238 g/mol. The van der Waals surface area contributed by atoms with Crippen molar-refractivity contribution < 1.29 is 9.90 Å². The van der Waals surface area contributed by atoms with Crippen molar-refractivity contribution in [2.24, 2.45) is 0 Å². The number of aliphatic carboxylic acids is 1. The first-order valence-electron chi connectivity index (χ1n) is 5.74. The molecule has 0 bridgehead atoms. The molecule has 1 aromatic rings. The number of benzene rings is 1.